The van der Waals surface area contributed by atoms with Crippen LogP contribution in [0, 0.1) is 0 Å². The predicted molar refractivity (Wildman–Crippen MR) is 105 cm³/mol. The van der Waals surface area contributed by atoms with Crippen molar-refractivity contribution in [3.8, 4) is 0 Å². The van der Waals surface area contributed by atoms with Gasteiger partial charge in [-0.05, 0) is 43.7 Å². The normalized spacial score (nSPS) is 12.9. The number of carbonyl (C=O) groups is 1. The number of nitrogens with one attached hydrogen (secondary N) is 2. The fraction of sp³-hybridized carbons (Fsp3) is 0.353. The van der Waals surface area contributed by atoms with Crippen LogP contribution in [-0.4, -0.2) is 46.4 Å². The van der Waals surface area contributed by atoms with E-state index in [2.05, 4.69) is 10.0 Å². The third-order valence-corrected chi connectivity index (χ3v) is 6.41. The van der Waals surface area contributed by atoms with Crippen LogP contribution in [-0.2, 0) is 14.8 Å². The molecule has 9 heteroatoms. The summed E-state index contributed by atoms with van der Waals surface area (Å²) >= 11 is 7.45. The van der Waals surface area contributed by atoms with Gasteiger partial charge in [-0.2, -0.15) is 0 Å². The minimum Gasteiger partial charge on any atom is -0.354 e. The standard InChI is InChI=1S/C17H22ClN3O3S2/c1-21(2)15(16-7-4-10-25-16)12-19-17(22)8-9-20-26(23,24)14-6-3-5-13(18)11-14/h3-7,10-11,15,20H,8-9,12H2,1-2H3,(H,19,22). The number of halogens is 1. The lowest BCUT2D eigenvalue weighted by molar-refractivity contribution is -0.121. The molecule has 1 unspecified atom stereocenters. The van der Waals surface area contributed by atoms with Gasteiger partial charge in [0.2, 0.25) is 15.9 Å². The first-order valence-corrected chi connectivity index (χ1v) is 10.8. The Kier molecular flexibility index (Phi) is 7.60. The smallest absolute Gasteiger partial charge is 0.240 e. The van der Waals surface area contributed by atoms with E-state index < -0.39 is 10.0 Å². The van der Waals surface area contributed by atoms with Crippen molar-refractivity contribution < 1.29 is 13.2 Å². The van der Waals surface area contributed by atoms with E-state index in [0.29, 0.717) is 11.6 Å². The first-order valence-electron chi connectivity index (χ1n) is 8.01. The van der Waals surface area contributed by atoms with Gasteiger partial charge in [0, 0.05) is 29.4 Å². The van der Waals surface area contributed by atoms with Gasteiger partial charge in [-0.15, -0.1) is 11.3 Å². The van der Waals surface area contributed by atoms with Crippen LogP contribution in [0.3, 0.4) is 0 Å². The Labute approximate surface area is 163 Å². The molecule has 0 saturated carbocycles. The fourth-order valence-electron chi connectivity index (χ4n) is 2.33. The van der Waals surface area contributed by atoms with Crippen molar-refractivity contribution >= 4 is 38.9 Å². The molecule has 0 aliphatic rings. The second-order valence-corrected chi connectivity index (χ2v) is 9.09. The summed E-state index contributed by atoms with van der Waals surface area (Å²) in [6, 6.07) is 10.1. The van der Waals surface area contributed by atoms with Gasteiger partial charge >= 0.3 is 0 Å². The van der Waals surface area contributed by atoms with Gasteiger partial charge in [0.05, 0.1) is 10.9 Å². The Balaban J connectivity index is 1.81. The number of rotatable bonds is 9. The molecule has 0 bridgehead atoms. The molecule has 1 aromatic carbocycles. The molecule has 0 radical (unpaired) electrons. The van der Waals surface area contributed by atoms with Crippen molar-refractivity contribution in [2.45, 2.75) is 17.4 Å². The van der Waals surface area contributed by atoms with Crippen LogP contribution in [0.25, 0.3) is 0 Å². The molecule has 2 rings (SSSR count). The molecule has 0 spiro atoms. The molecule has 0 saturated heterocycles. The van der Waals surface area contributed by atoms with Gasteiger partial charge in [0.15, 0.2) is 0 Å². The topological polar surface area (TPSA) is 78.5 Å². The molecule has 1 atom stereocenters. The summed E-state index contributed by atoms with van der Waals surface area (Å²) in [5.74, 6) is -0.206. The minimum absolute atomic E-state index is 0.0202. The van der Waals surface area contributed by atoms with Crippen LogP contribution in [0.4, 0.5) is 0 Å². The molecule has 2 N–H and O–H groups in total. The van der Waals surface area contributed by atoms with E-state index >= 15 is 0 Å². The predicted octanol–water partition coefficient (Wildman–Crippen LogP) is 2.49. The molecule has 0 aliphatic carbocycles. The molecule has 0 fully saturated rings. The molecule has 2 aromatic rings. The zero-order chi connectivity index (χ0) is 19.2. The van der Waals surface area contributed by atoms with Crippen LogP contribution in [0.15, 0.2) is 46.7 Å². The van der Waals surface area contributed by atoms with Crippen molar-refractivity contribution in [3.05, 3.63) is 51.7 Å². The van der Waals surface area contributed by atoms with Crippen molar-refractivity contribution in [2.75, 3.05) is 27.2 Å². The maximum Gasteiger partial charge on any atom is 0.240 e. The first kappa shape index (κ1) is 20.9. The minimum atomic E-state index is -3.68. The monoisotopic (exact) mass is 415 g/mol. The number of hydrogen-bond donors (Lipinski definition) is 2. The number of likely N-dealkylation sites (N-methyl/N-ethyl adjacent to an activating group) is 1. The molecule has 0 aliphatic heterocycles. The number of thiophene rings is 1. The van der Waals surface area contributed by atoms with Gasteiger partial charge in [-0.25, -0.2) is 13.1 Å². The van der Waals surface area contributed by atoms with Crippen molar-refractivity contribution in [2.24, 2.45) is 0 Å². The molecular weight excluding hydrogens is 394 g/mol. The van der Waals surface area contributed by atoms with Gasteiger partial charge in [-0.3, -0.25) is 4.79 Å². The summed E-state index contributed by atoms with van der Waals surface area (Å²) in [4.78, 5) is 15.3. The summed E-state index contributed by atoms with van der Waals surface area (Å²) in [6.45, 7) is 0.486. The lowest BCUT2D eigenvalue weighted by Crippen LogP contribution is -2.36. The van der Waals surface area contributed by atoms with E-state index in [-0.39, 0.29) is 29.8 Å². The number of amides is 1. The van der Waals surface area contributed by atoms with Gasteiger partial charge < -0.3 is 10.2 Å². The first-order chi connectivity index (χ1) is 12.3. The Morgan fingerprint density at radius 2 is 2.04 bits per heavy atom. The number of nitrogens with zero attached hydrogens (tertiary/aromatic N) is 1. The Bertz CT molecular complexity index is 824. The third kappa shape index (κ3) is 6.07. The highest BCUT2D eigenvalue weighted by Gasteiger charge is 2.17. The summed E-state index contributed by atoms with van der Waals surface area (Å²) in [5.41, 5.74) is 0. The average molecular weight is 416 g/mol. The largest absolute Gasteiger partial charge is 0.354 e. The maximum atomic E-state index is 12.2. The number of sulfonamides is 1. The summed E-state index contributed by atoms with van der Waals surface area (Å²) in [6.07, 6.45) is 0.0599. The molecule has 1 aromatic heterocycles. The third-order valence-electron chi connectivity index (χ3n) is 3.74. The summed E-state index contributed by atoms with van der Waals surface area (Å²) < 4.78 is 26.8. The van der Waals surface area contributed by atoms with E-state index in [1.54, 1.807) is 23.5 Å². The van der Waals surface area contributed by atoms with Crippen molar-refractivity contribution in [1.82, 2.24) is 14.9 Å². The van der Waals surface area contributed by atoms with Crippen LogP contribution in [0.1, 0.15) is 17.3 Å². The maximum absolute atomic E-state index is 12.2. The highest BCUT2D eigenvalue weighted by molar-refractivity contribution is 7.89. The van der Waals surface area contributed by atoms with Crippen LogP contribution in [0.5, 0.6) is 0 Å². The zero-order valence-corrected chi connectivity index (χ0v) is 17.0. The van der Waals surface area contributed by atoms with Gasteiger partial charge in [0.25, 0.3) is 0 Å². The van der Waals surface area contributed by atoms with Crippen LogP contribution in [0.2, 0.25) is 5.02 Å². The molecule has 6 nitrogen and oxygen atoms in total. The number of carbonyl (C=O) groups excluding carboxylic acids is 1. The second kappa shape index (κ2) is 9.48. The second-order valence-electron chi connectivity index (χ2n) is 5.90. The Hall–Kier alpha value is -1.45. The van der Waals surface area contributed by atoms with Crippen molar-refractivity contribution in [1.29, 1.82) is 0 Å². The number of benzene rings is 1. The zero-order valence-electron chi connectivity index (χ0n) is 14.6. The van der Waals surface area contributed by atoms with Gasteiger partial charge in [0.1, 0.15) is 0 Å². The molecule has 1 heterocycles. The van der Waals surface area contributed by atoms with E-state index in [1.165, 1.54) is 12.1 Å². The van der Waals surface area contributed by atoms with Gasteiger partial charge in [-0.1, -0.05) is 23.7 Å². The van der Waals surface area contributed by atoms with Crippen LogP contribution >= 0.6 is 22.9 Å². The van der Waals surface area contributed by atoms with E-state index in [9.17, 15) is 13.2 Å². The summed E-state index contributed by atoms with van der Waals surface area (Å²) in [7, 11) is 0.228. The number of hydrogen-bond acceptors (Lipinski definition) is 5. The molecule has 26 heavy (non-hydrogen) atoms. The Morgan fingerprint density at radius 1 is 1.27 bits per heavy atom. The lowest BCUT2D eigenvalue weighted by atomic mass is 10.2. The average Bonchev–Trinajstić information content (AvgIpc) is 3.08. The highest BCUT2D eigenvalue weighted by atomic mass is 35.5. The van der Waals surface area contributed by atoms with Crippen LogP contribution < -0.4 is 10.0 Å². The lowest BCUT2D eigenvalue weighted by Gasteiger charge is -2.23. The summed E-state index contributed by atoms with van der Waals surface area (Å²) in [5, 5.41) is 5.20. The quantitative estimate of drug-likeness (QED) is 0.659. The van der Waals surface area contributed by atoms with E-state index in [4.69, 9.17) is 11.6 Å². The highest BCUT2D eigenvalue weighted by Crippen LogP contribution is 2.22. The molecule has 1 amide bonds. The fourth-order valence-corrected chi connectivity index (χ4v) is 4.59. The Morgan fingerprint density at radius 3 is 2.65 bits per heavy atom. The molecule has 142 valence electrons. The SMILES string of the molecule is CN(C)C(CNC(=O)CCNS(=O)(=O)c1cccc(Cl)c1)c1cccs1. The van der Waals surface area contributed by atoms with E-state index in [0.717, 1.165) is 4.88 Å². The van der Waals surface area contributed by atoms with Crippen molar-refractivity contribution in [3.63, 3.8) is 0 Å². The van der Waals surface area contributed by atoms with E-state index in [1.807, 2.05) is 36.5 Å². The molecular formula is C17H22ClN3O3S2.